The molecule has 5 rings (SSSR count). The van der Waals surface area contributed by atoms with E-state index in [1.807, 2.05) is 54.6 Å². The predicted octanol–water partition coefficient (Wildman–Crippen LogP) is 4.06. The van der Waals surface area contributed by atoms with Gasteiger partial charge in [0, 0.05) is 17.9 Å². The van der Waals surface area contributed by atoms with Crippen molar-refractivity contribution < 1.29 is 18.4 Å². The molecule has 0 unspecified atom stereocenters. The van der Waals surface area contributed by atoms with Crippen LogP contribution in [-0.4, -0.2) is 33.0 Å². The van der Waals surface area contributed by atoms with E-state index < -0.39 is 23.9 Å². The summed E-state index contributed by atoms with van der Waals surface area (Å²) in [4.78, 5) is 28.4. The number of aromatic nitrogens is 2. The van der Waals surface area contributed by atoms with Gasteiger partial charge < -0.3 is 10.2 Å². The van der Waals surface area contributed by atoms with E-state index >= 15 is 0 Å². The molecule has 3 heterocycles. The lowest BCUT2D eigenvalue weighted by Gasteiger charge is -2.34. The quantitative estimate of drug-likeness (QED) is 0.692. The molecule has 2 atom stereocenters. The fraction of sp³-hybridized carbons (Fsp3) is 0.261. The van der Waals surface area contributed by atoms with Gasteiger partial charge in [-0.1, -0.05) is 48.5 Å². The molecule has 1 fully saturated rings. The predicted molar refractivity (Wildman–Crippen MR) is 110 cm³/mol. The molecule has 0 radical (unpaired) electrons. The van der Waals surface area contributed by atoms with Crippen molar-refractivity contribution in [2.45, 2.75) is 31.4 Å². The van der Waals surface area contributed by atoms with Crippen molar-refractivity contribution in [2.24, 2.45) is 0 Å². The van der Waals surface area contributed by atoms with Crippen molar-refractivity contribution in [2.75, 3.05) is 11.9 Å². The van der Waals surface area contributed by atoms with Gasteiger partial charge in [0.2, 0.25) is 5.91 Å². The summed E-state index contributed by atoms with van der Waals surface area (Å²) in [7, 11) is 0. The largest absolute Gasteiger partial charge is 0.333 e. The van der Waals surface area contributed by atoms with Gasteiger partial charge in [-0.3, -0.25) is 9.59 Å². The number of carbonyl (C=O) groups is 2. The number of para-hydroxylation sites is 1. The van der Waals surface area contributed by atoms with Gasteiger partial charge in [-0.25, -0.2) is 4.68 Å². The van der Waals surface area contributed by atoms with Crippen molar-refractivity contribution in [3.63, 3.8) is 0 Å². The molecular weight excluding hydrogens is 402 g/mol. The molecule has 1 N–H and O–H groups in total. The third-order valence-corrected chi connectivity index (χ3v) is 6.29. The summed E-state index contributed by atoms with van der Waals surface area (Å²) in [5.74, 6) is -0.627. The smallest absolute Gasteiger partial charge is 0.329 e. The first-order valence-electron chi connectivity index (χ1n) is 10.0. The minimum absolute atomic E-state index is 0.0533. The summed E-state index contributed by atoms with van der Waals surface area (Å²) in [6.07, 6.45) is 0.426. The van der Waals surface area contributed by atoms with Gasteiger partial charge in [0.25, 0.3) is 5.91 Å². The molecule has 2 aliphatic heterocycles. The van der Waals surface area contributed by atoms with Crippen LogP contribution >= 0.6 is 0 Å². The zero-order valence-corrected chi connectivity index (χ0v) is 16.8. The number of halogens is 2. The average Bonchev–Trinajstić information content (AvgIpc) is 3.43. The maximum absolute atomic E-state index is 13.5. The molecule has 0 aliphatic carbocycles. The summed E-state index contributed by atoms with van der Waals surface area (Å²) in [6, 6.07) is 17.6. The number of aryl methyl sites for hydroxylation is 1. The van der Waals surface area contributed by atoms with Crippen molar-refractivity contribution in [1.82, 2.24) is 14.7 Å². The van der Waals surface area contributed by atoms with Crippen LogP contribution in [0.1, 0.15) is 46.3 Å². The first kappa shape index (κ1) is 19.4. The summed E-state index contributed by atoms with van der Waals surface area (Å²) < 4.78 is 26.9. The van der Waals surface area contributed by atoms with Gasteiger partial charge in [-0.15, -0.1) is 0 Å². The van der Waals surface area contributed by atoms with Gasteiger partial charge >= 0.3 is 6.55 Å². The minimum atomic E-state index is -2.83. The minimum Gasteiger partial charge on any atom is -0.329 e. The first-order chi connectivity index (χ1) is 14.9. The van der Waals surface area contributed by atoms with Gasteiger partial charge in [0.05, 0.1) is 6.04 Å². The van der Waals surface area contributed by atoms with E-state index in [2.05, 4.69) is 10.4 Å². The van der Waals surface area contributed by atoms with E-state index in [4.69, 9.17) is 0 Å². The Labute approximate surface area is 177 Å². The highest BCUT2D eigenvalue weighted by Gasteiger charge is 2.59. The number of fused-ring (bicyclic) bond motifs is 2. The molecule has 3 aromatic rings. The lowest BCUT2D eigenvalue weighted by atomic mass is 9.72. The Bertz CT molecular complexity index is 1180. The Balaban J connectivity index is 1.63. The number of carbonyl (C=O) groups excluding carboxylic acids is 2. The Morgan fingerprint density at radius 3 is 2.58 bits per heavy atom. The highest BCUT2D eigenvalue weighted by atomic mass is 19.3. The number of hydrogen-bond acceptors (Lipinski definition) is 3. The Morgan fingerprint density at radius 2 is 1.87 bits per heavy atom. The molecular formula is C23H20F2N4O2. The van der Waals surface area contributed by atoms with E-state index in [1.54, 1.807) is 4.90 Å². The highest BCUT2D eigenvalue weighted by molar-refractivity contribution is 6.08. The molecule has 0 bridgehead atoms. The van der Waals surface area contributed by atoms with Crippen LogP contribution in [-0.2, 0) is 10.2 Å². The Kier molecular flexibility index (Phi) is 4.39. The molecule has 31 heavy (non-hydrogen) atoms. The van der Waals surface area contributed by atoms with Crippen LogP contribution in [0.25, 0.3) is 0 Å². The molecule has 2 amide bonds. The highest BCUT2D eigenvalue weighted by Crippen LogP contribution is 2.54. The average molecular weight is 422 g/mol. The zero-order valence-electron chi connectivity index (χ0n) is 16.8. The van der Waals surface area contributed by atoms with Crippen LogP contribution in [0.15, 0.2) is 60.7 Å². The number of amides is 2. The summed E-state index contributed by atoms with van der Waals surface area (Å²) >= 11 is 0. The number of anilines is 1. The maximum Gasteiger partial charge on any atom is 0.333 e. The number of nitrogens with one attached hydrogen (secondary N) is 1. The van der Waals surface area contributed by atoms with Crippen LogP contribution in [0, 0.1) is 6.92 Å². The second-order valence-corrected chi connectivity index (χ2v) is 7.93. The topological polar surface area (TPSA) is 67.2 Å². The lowest BCUT2D eigenvalue weighted by molar-refractivity contribution is -0.121. The zero-order chi connectivity index (χ0) is 21.8. The molecule has 2 aromatic carbocycles. The van der Waals surface area contributed by atoms with Crippen molar-refractivity contribution in [1.29, 1.82) is 0 Å². The molecule has 0 saturated carbocycles. The summed E-state index contributed by atoms with van der Waals surface area (Å²) in [6.45, 7) is -1.04. The monoisotopic (exact) mass is 422 g/mol. The lowest BCUT2D eigenvalue weighted by Crippen LogP contribution is -2.42. The van der Waals surface area contributed by atoms with Gasteiger partial charge in [-0.05, 0) is 36.6 Å². The molecule has 1 saturated heterocycles. The van der Waals surface area contributed by atoms with E-state index in [9.17, 15) is 18.4 Å². The second kappa shape index (κ2) is 7.01. The van der Waals surface area contributed by atoms with Crippen molar-refractivity contribution in [3.8, 4) is 0 Å². The molecule has 6 nitrogen and oxygen atoms in total. The first-order valence-corrected chi connectivity index (χ1v) is 10.0. The third-order valence-electron chi connectivity index (χ3n) is 6.29. The van der Waals surface area contributed by atoms with Crippen LogP contribution in [0.4, 0.5) is 14.5 Å². The summed E-state index contributed by atoms with van der Waals surface area (Å²) in [5, 5.41) is 6.80. The molecule has 2 aliphatic rings. The van der Waals surface area contributed by atoms with Crippen LogP contribution in [0.3, 0.4) is 0 Å². The van der Waals surface area contributed by atoms with E-state index in [1.165, 1.54) is 13.0 Å². The molecule has 1 aromatic heterocycles. The molecule has 158 valence electrons. The van der Waals surface area contributed by atoms with Crippen LogP contribution in [0.2, 0.25) is 0 Å². The molecule has 8 heteroatoms. The van der Waals surface area contributed by atoms with Gasteiger partial charge in [0.1, 0.15) is 5.41 Å². The van der Waals surface area contributed by atoms with Crippen molar-refractivity contribution in [3.05, 3.63) is 83.2 Å². The van der Waals surface area contributed by atoms with E-state index in [0.717, 1.165) is 16.8 Å². The number of nitrogens with zero attached hydrogens (tertiary/aromatic N) is 3. The van der Waals surface area contributed by atoms with Crippen LogP contribution < -0.4 is 5.32 Å². The van der Waals surface area contributed by atoms with Crippen molar-refractivity contribution >= 4 is 17.5 Å². The second-order valence-electron chi connectivity index (χ2n) is 7.93. The van der Waals surface area contributed by atoms with E-state index in [0.29, 0.717) is 17.6 Å². The SMILES string of the molecule is Cc1cc(C(=O)N2CC[C@]3(C(=O)Nc4ccccc43)[C@@H]2c2ccccc2)nn1C(F)F. The summed E-state index contributed by atoms with van der Waals surface area (Å²) in [5.41, 5.74) is 1.59. The van der Waals surface area contributed by atoms with Crippen LogP contribution in [0.5, 0.6) is 0 Å². The number of benzene rings is 2. The Morgan fingerprint density at radius 1 is 1.16 bits per heavy atom. The maximum atomic E-state index is 13.5. The Hall–Kier alpha value is -3.55. The number of rotatable bonds is 3. The number of alkyl halides is 2. The molecule has 1 spiro atoms. The van der Waals surface area contributed by atoms with E-state index in [-0.39, 0.29) is 17.3 Å². The van der Waals surface area contributed by atoms with Gasteiger partial charge in [-0.2, -0.15) is 13.9 Å². The standard InChI is InChI=1S/C23H20F2N4O2/c1-14-13-18(27-29(14)22(24)25)20(30)28-12-11-23(19(28)15-7-3-2-4-8-15)16-9-5-6-10-17(16)26-21(23)31/h2-10,13,19,22H,11-12H2,1H3,(H,26,31)/t19-,23+/m0/s1. The number of hydrogen-bond donors (Lipinski definition) is 1. The normalized spacial score (nSPS) is 22.3. The fourth-order valence-electron chi connectivity index (χ4n) is 4.94. The number of likely N-dealkylation sites (tertiary alicyclic amines) is 1. The van der Waals surface area contributed by atoms with Gasteiger partial charge in [0.15, 0.2) is 5.69 Å². The third kappa shape index (κ3) is 2.78. The fourth-order valence-corrected chi connectivity index (χ4v) is 4.94.